The van der Waals surface area contributed by atoms with E-state index in [1.165, 1.54) is 23.1 Å². The van der Waals surface area contributed by atoms with Gasteiger partial charge in [0.05, 0.1) is 17.3 Å². The minimum absolute atomic E-state index is 0.0375. The number of nitrogens with one attached hydrogen (secondary N) is 2. The standard InChI is InChI=1S/C15H18N4O3S3/c20-13(17-12-6-7-25(21,22)10-12)9-23-15-19-18-14(24-15)16-8-11-4-2-1-3-5-11/h1-5,12H,6-10H2,(H,16,18)(H,17,20)/t12-/m1/s1. The number of hydrogen-bond acceptors (Lipinski definition) is 8. The lowest BCUT2D eigenvalue weighted by molar-refractivity contribution is -0.119. The lowest BCUT2D eigenvalue weighted by Crippen LogP contribution is -2.36. The first-order valence-electron chi connectivity index (χ1n) is 7.74. The highest BCUT2D eigenvalue weighted by Crippen LogP contribution is 2.25. The van der Waals surface area contributed by atoms with Gasteiger partial charge in [0.2, 0.25) is 11.0 Å². The molecule has 1 amide bonds. The summed E-state index contributed by atoms with van der Waals surface area (Å²) in [6.07, 6.45) is 0.491. The van der Waals surface area contributed by atoms with Gasteiger partial charge in [-0.3, -0.25) is 4.79 Å². The summed E-state index contributed by atoms with van der Waals surface area (Å²) in [7, 11) is -2.98. The lowest BCUT2D eigenvalue weighted by Gasteiger charge is -2.09. The van der Waals surface area contributed by atoms with E-state index in [9.17, 15) is 13.2 Å². The largest absolute Gasteiger partial charge is 0.356 e. The highest BCUT2D eigenvalue weighted by Gasteiger charge is 2.28. The highest BCUT2D eigenvalue weighted by molar-refractivity contribution is 8.01. The van der Waals surface area contributed by atoms with Gasteiger partial charge in [0, 0.05) is 12.6 Å². The molecule has 0 radical (unpaired) electrons. The van der Waals surface area contributed by atoms with E-state index < -0.39 is 9.84 Å². The van der Waals surface area contributed by atoms with Crippen molar-refractivity contribution in [2.45, 2.75) is 23.3 Å². The fourth-order valence-corrected chi connectivity index (χ4v) is 5.65. The van der Waals surface area contributed by atoms with E-state index in [4.69, 9.17) is 0 Å². The van der Waals surface area contributed by atoms with Crippen LogP contribution in [0.3, 0.4) is 0 Å². The van der Waals surface area contributed by atoms with E-state index in [0.717, 1.165) is 5.56 Å². The Morgan fingerprint density at radius 1 is 1.28 bits per heavy atom. The summed E-state index contributed by atoms with van der Waals surface area (Å²) in [5, 5.41) is 14.8. The summed E-state index contributed by atoms with van der Waals surface area (Å²) in [5.74, 6) is 0.207. The minimum atomic E-state index is -2.98. The molecule has 0 aliphatic carbocycles. The van der Waals surface area contributed by atoms with E-state index in [2.05, 4.69) is 20.8 Å². The molecule has 3 rings (SSSR count). The topological polar surface area (TPSA) is 101 Å². The van der Waals surface area contributed by atoms with Gasteiger partial charge < -0.3 is 10.6 Å². The zero-order valence-corrected chi connectivity index (χ0v) is 15.8. The molecule has 1 atom stereocenters. The Kier molecular flexibility index (Phi) is 5.92. The summed E-state index contributed by atoms with van der Waals surface area (Å²) in [4.78, 5) is 11.9. The Hall–Kier alpha value is -1.65. The van der Waals surface area contributed by atoms with Gasteiger partial charge in [0.25, 0.3) is 0 Å². The maximum Gasteiger partial charge on any atom is 0.230 e. The fraction of sp³-hybridized carbons (Fsp3) is 0.400. The normalized spacial score (nSPS) is 18.8. The molecule has 2 aromatic rings. The van der Waals surface area contributed by atoms with Crippen LogP contribution in [-0.2, 0) is 21.2 Å². The molecule has 2 heterocycles. The Morgan fingerprint density at radius 3 is 2.80 bits per heavy atom. The zero-order valence-electron chi connectivity index (χ0n) is 13.3. The van der Waals surface area contributed by atoms with Crippen molar-refractivity contribution in [3.8, 4) is 0 Å². The number of carbonyl (C=O) groups is 1. The number of anilines is 1. The van der Waals surface area contributed by atoms with Crippen molar-refractivity contribution in [2.24, 2.45) is 0 Å². The fourth-order valence-electron chi connectivity index (χ4n) is 2.42. The van der Waals surface area contributed by atoms with Gasteiger partial charge in [0.1, 0.15) is 0 Å². The van der Waals surface area contributed by atoms with E-state index in [1.54, 1.807) is 0 Å². The summed E-state index contributed by atoms with van der Waals surface area (Å²) < 4.78 is 23.5. The number of nitrogens with zero attached hydrogens (tertiary/aromatic N) is 2. The third kappa shape index (κ3) is 5.68. The van der Waals surface area contributed by atoms with Crippen molar-refractivity contribution >= 4 is 44.0 Å². The second kappa shape index (κ2) is 8.15. The van der Waals surface area contributed by atoms with Crippen molar-refractivity contribution in [2.75, 3.05) is 22.6 Å². The number of aromatic nitrogens is 2. The van der Waals surface area contributed by atoms with Crippen molar-refractivity contribution in [3.63, 3.8) is 0 Å². The molecule has 0 bridgehead atoms. The number of thioether (sulfide) groups is 1. The number of amides is 1. The maximum absolute atomic E-state index is 11.9. The average Bonchev–Trinajstić information content (AvgIpc) is 3.18. The first-order valence-corrected chi connectivity index (χ1v) is 11.4. The number of rotatable bonds is 7. The summed E-state index contributed by atoms with van der Waals surface area (Å²) >= 11 is 2.69. The molecule has 0 saturated carbocycles. The van der Waals surface area contributed by atoms with Gasteiger partial charge in [-0.15, -0.1) is 10.2 Å². The first-order chi connectivity index (χ1) is 12.0. The number of sulfone groups is 1. The maximum atomic E-state index is 11.9. The molecule has 7 nitrogen and oxygen atoms in total. The van der Waals surface area contributed by atoms with Gasteiger partial charge in [-0.2, -0.15) is 0 Å². The summed E-state index contributed by atoms with van der Waals surface area (Å²) in [5.41, 5.74) is 1.15. The monoisotopic (exact) mass is 398 g/mol. The SMILES string of the molecule is O=C(CSc1nnc(NCc2ccccc2)s1)N[C@@H]1CCS(=O)(=O)C1. The molecule has 0 unspecified atom stereocenters. The van der Waals surface area contributed by atoms with E-state index >= 15 is 0 Å². The highest BCUT2D eigenvalue weighted by atomic mass is 32.2. The molecule has 1 aromatic carbocycles. The van der Waals surface area contributed by atoms with Crippen molar-refractivity contribution in [1.29, 1.82) is 0 Å². The first kappa shape index (κ1) is 18.2. The molecular weight excluding hydrogens is 380 g/mol. The summed E-state index contributed by atoms with van der Waals surface area (Å²) in [6.45, 7) is 0.663. The third-order valence-corrected chi connectivity index (χ3v) is 7.40. The minimum Gasteiger partial charge on any atom is -0.356 e. The molecule has 10 heteroatoms. The Bertz CT molecular complexity index is 824. The van der Waals surface area contributed by atoms with Crippen LogP contribution in [0.1, 0.15) is 12.0 Å². The van der Waals surface area contributed by atoms with Gasteiger partial charge in [-0.25, -0.2) is 8.42 Å². The second-order valence-corrected chi connectivity index (χ2v) is 10.1. The number of carbonyl (C=O) groups excluding carboxylic acids is 1. The van der Waals surface area contributed by atoms with Crippen LogP contribution in [0.15, 0.2) is 34.7 Å². The molecule has 1 aromatic heterocycles. The molecular formula is C15H18N4O3S3. The molecule has 134 valence electrons. The third-order valence-electron chi connectivity index (χ3n) is 3.62. The van der Waals surface area contributed by atoms with Crippen LogP contribution in [0, 0.1) is 0 Å². The Balaban J connectivity index is 1.41. The van der Waals surface area contributed by atoms with E-state index in [-0.39, 0.29) is 29.2 Å². The lowest BCUT2D eigenvalue weighted by atomic mass is 10.2. The van der Waals surface area contributed by atoms with Gasteiger partial charge in [-0.05, 0) is 12.0 Å². The average molecular weight is 399 g/mol. The smallest absolute Gasteiger partial charge is 0.230 e. The summed E-state index contributed by atoms with van der Waals surface area (Å²) in [6, 6.07) is 9.71. The molecule has 1 aliphatic heterocycles. The van der Waals surface area contributed by atoms with Crippen LogP contribution >= 0.6 is 23.1 Å². The molecule has 2 N–H and O–H groups in total. The van der Waals surface area contributed by atoms with Gasteiger partial charge in [0.15, 0.2) is 14.2 Å². The molecule has 1 saturated heterocycles. The van der Waals surface area contributed by atoms with Crippen molar-refractivity contribution < 1.29 is 13.2 Å². The van der Waals surface area contributed by atoms with Gasteiger partial charge >= 0.3 is 0 Å². The van der Waals surface area contributed by atoms with Crippen LogP contribution < -0.4 is 10.6 Å². The van der Waals surface area contributed by atoms with Crippen LogP contribution in [0.25, 0.3) is 0 Å². The van der Waals surface area contributed by atoms with Crippen molar-refractivity contribution in [3.05, 3.63) is 35.9 Å². The number of benzene rings is 1. The molecule has 25 heavy (non-hydrogen) atoms. The van der Waals surface area contributed by atoms with Gasteiger partial charge in [-0.1, -0.05) is 53.4 Å². The quantitative estimate of drug-likeness (QED) is 0.682. The number of hydrogen-bond donors (Lipinski definition) is 2. The zero-order chi connectivity index (χ0) is 17.7. The van der Waals surface area contributed by atoms with E-state index in [0.29, 0.717) is 22.4 Å². The Morgan fingerprint density at radius 2 is 2.08 bits per heavy atom. The van der Waals surface area contributed by atoms with Crippen LogP contribution in [0.5, 0.6) is 0 Å². The Labute approximate surface area is 154 Å². The predicted octanol–water partition coefficient (Wildman–Crippen LogP) is 1.55. The van der Waals surface area contributed by atoms with E-state index in [1.807, 2.05) is 30.3 Å². The van der Waals surface area contributed by atoms with Crippen molar-refractivity contribution in [1.82, 2.24) is 15.5 Å². The predicted molar refractivity (Wildman–Crippen MR) is 99.6 cm³/mol. The van der Waals surface area contributed by atoms with Crippen LogP contribution in [-0.4, -0.2) is 47.8 Å². The van der Waals surface area contributed by atoms with Crippen LogP contribution in [0.4, 0.5) is 5.13 Å². The van der Waals surface area contributed by atoms with Crippen LogP contribution in [0.2, 0.25) is 0 Å². The molecule has 1 aliphatic rings. The molecule has 1 fully saturated rings. The second-order valence-electron chi connectivity index (χ2n) is 5.67. The molecule has 0 spiro atoms.